The first kappa shape index (κ1) is 32.0. The fourth-order valence-corrected chi connectivity index (χ4v) is 5.34. The molecule has 0 aliphatic heterocycles. The number of nitrogens with one attached hydrogen (secondary N) is 1. The van der Waals surface area contributed by atoms with Gasteiger partial charge in [0.2, 0.25) is 21.8 Å². The molecule has 10 heteroatoms. The van der Waals surface area contributed by atoms with Gasteiger partial charge in [0.1, 0.15) is 18.3 Å². The molecule has 0 bridgehead atoms. The van der Waals surface area contributed by atoms with Gasteiger partial charge in [0.15, 0.2) is 0 Å². The molecule has 0 saturated carbocycles. The van der Waals surface area contributed by atoms with Crippen LogP contribution in [0.4, 0.5) is 5.69 Å². The van der Waals surface area contributed by atoms with E-state index in [9.17, 15) is 18.0 Å². The van der Waals surface area contributed by atoms with E-state index in [0.717, 1.165) is 27.3 Å². The van der Waals surface area contributed by atoms with Gasteiger partial charge in [0, 0.05) is 24.0 Å². The number of hydrogen-bond donors (Lipinski definition) is 1. The van der Waals surface area contributed by atoms with Crippen LogP contribution in [0.1, 0.15) is 37.0 Å². The molecule has 0 aliphatic rings. The van der Waals surface area contributed by atoms with Crippen molar-refractivity contribution in [2.24, 2.45) is 0 Å². The molecule has 0 radical (unpaired) electrons. The molecule has 0 aromatic heterocycles. The van der Waals surface area contributed by atoms with Crippen LogP contribution in [0.2, 0.25) is 5.02 Å². The molecule has 0 saturated heterocycles. The Kier molecular flexibility index (Phi) is 11.2. The first-order chi connectivity index (χ1) is 19.4. The third-order valence-corrected chi connectivity index (χ3v) is 8.20. The van der Waals surface area contributed by atoms with Crippen LogP contribution in [-0.2, 0) is 32.6 Å². The van der Waals surface area contributed by atoms with E-state index in [-0.39, 0.29) is 30.6 Å². The number of carbonyl (C=O) groups excluding carboxylic acids is 2. The highest BCUT2D eigenvalue weighted by molar-refractivity contribution is 7.92. The molecule has 220 valence electrons. The van der Waals surface area contributed by atoms with Crippen molar-refractivity contribution in [2.75, 3.05) is 24.2 Å². The summed E-state index contributed by atoms with van der Waals surface area (Å²) in [5.74, 6) is -0.535. The molecule has 1 N–H and O–H groups in total. The Morgan fingerprint density at radius 3 is 2.24 bits per heavy atom. The summed E-state index contributed by atoms with van der Waals surface area (Å²) < 4.78 is 32.6. The van der Waals surface area contributed by atoms with Crippen LogP contribution >= 0.6 is 11.6 Å². The number of nitrogens with zero attached hydrogens (tertiary/aromatic N) is 2. The van der Waals surface area contributed by atoms with Crippen molar-refractivity contribution < 1.29 is 22.7 Å². The third-order valence-electron chi connectivity index (χ3n) is 6.82. The minimum Gasteiger partial charge on any atom is -0.495 e. The number of ether oxygens (including phenoxy) is 1. The summed E-state index contributed by atoms with van der Waals surface area (Å²) in [6.45, 7) is 5.25. The molecule has 0 unspecified atom stereocenters. The molecule has 0 spiro atoms. The Bertz CT molecular complexity index is 1430. The van der Waals surface area contributed by atoms with E-state index in [1.807, 2.05) is 51.1 Å². The fourth-order valence-electron chi connectivity index (χ4n) is 4.37. The predicted molar refractivity (Wildman–Crippen MR) is 164 cm³/mol. The number of rotatable bonds is 13. The Balaban J connectivity index is 2.10. The van der Waals surface area contributed by atoms with E-state index >= 15 is 0 Å². The van der Waals surface area contributed by atoms with Gasteiger partial charge in [-0.2, -0.15) is 0 Å². The van der Waals surface area contributed by atoms with Gasteiger partial charge < -0.3 is 15.0 Å². The average Bonchev–Trinajstić information content (AvgIpc) is 2.94. The number of aryl methyl sites for hydroxylation is 1. The van der Waals surface area contributed by atoms with Crippen molar-refractivity contribution in [2.45, 2.75) is 52.2 Å². The first-order valence-corrected chi connectivity index (χ1v) is 15.7. The average molecular weight is 600 g/mol. The zero-order chi connectivity index (χ0) is 30.2. The SMILES string of the molecule is CC[C@H](C)NC(=O)[C@H](Cc1ccccc1)N(Cc1ccc(Cl)cc1)C(=O)CN(c1cc(C)ccc1OC)S(C)(=O)=O. The summed E-state index contributed by atoms with van der Waals surface area (Å²) in [6, 6.07) is 20.5. The van der Waals surface area contributed by atoms with Gasteiger partial charge in [0.25, 0.3) is 0 Å². The summed E-state index contributed by atoms with van der Waals surface area (Å²) in [5.41, 5.74) is 2.66. The van der Waals surface area contributed by atoms with E-state index in [1.54, 1.807) is 42.5 Å². The summed E-state index contributed by atoms with van der Waals surface area (Å²) in [6.07, 6.45) is 2.00. The van der Waals surface area contributed by atoms with E-state index in [0.29, 0.717) is 17.2 Å². The second-order valence-corrected chi connectivity index (χ2v) is 12.5. The molecular formula is C31H38ClN3O5S. The maximum absolute atomic E-state index is 14.2. The second kappa shape index (κ2) is 14.4. The van der Waals surface area contributed by atoms with Gasteiger partial charge in [-0.05, 0) is 61.2 Å². The molecular weight excluding hydrogens is 562 g/mol. The minimum absolute atomic E-state index is 0.0734. The zero-order valence-corrected chi connectivity index (χ0v) is 25.7. The molecule has 0 fully saturated rings. The summed E-state index contributed by atoms with van der Waals surface area (Å²) in [7, 11) is -2.47. The van der Waals surface area contributed by atoms with Gasteiger partial charge in [-0.1, -0.05) is 67.1 Å². The molecule has 3 aromatic rings. The van der Waals surface area contributed by atoms with Crippen LogP contribution in [-0.4, -0.2) is 57.1 Å². The van der Waals surface area contributed by atoms with Crippen LogP contribution in [0.25, 0.3) is 0 Å². The predicted octanol–water partition coefficient (Wildman–Crippen LogP) is 4.98. The quantitative estimate of drug-likeness (QED) is 0.299. The lowest BCUT2D eigenvalue weighted by molar-refractivity contribution is -0.140. The highest BCUT2D eigenvalue weighted by atomic mass is 35.5. The van der Waals surface area contributed by atoms with Crippen LogP contribution in [0.5, 0.6) is 5.75 Å². The highest BCUT2D eigenvalue weighted by Gasteiger charge is 2.34. The van der Waals surface area contributed by atoms with E-state index in [2.05, 4.69) is 5.32 Å². The largest absolute Gasteiger partial charge is 0.495 e. The molecule has 0 heterocycles. The van der Waals surface area contributed by atoms with Crippen LogP contribution < -0.4 is 14.4 Å². The van der Waals surface area contributed by atoms with E-state index < -0.39 is 28.5 Å². The van der Waals surface area contributed by atoms with Gasteiger partial charge in [-0.3, -0.25) is 13.9 Å². The minimum atomic E-state index is -3.91. The van der Waals surface area contributed by atoms with Crippen molar-refractivity contribution in [1.82, 2.24) is 10.2 Å². The Morgan fingerprint density at radius 1 is 1.00 bits per heavy atom. The molecule has 8 nitrogen and oxygen atoms in total. The lowest BCUT2D eigenvalue weighted by Crippen LogP contribution is -2.54. The van der Waals surface area contributed by atoms with Crippen molar-refractivity contribution in [3.63, 3.8) is 0 Å². The molecule has 2 atom stereocenters. The fraction of sp³-hybridized carbons (Fsp3) is 0.355. The summed E-state index contributed by atoms with van der Waals surface area (Å²) in [4.78, 5) is 29.4. The third kappa shape index (κ3) is 8.96. The second-order valence-electron chi connectivity index (χ2n) is 10.1. The highest BCUT2D eigenvalue weighted by Crippen LogP contribution is 2.31. The Labute approximate surface area is 248 Å². The number of halogens is 1. The van der Waals surface area contributed by atoms with Gasteiger partial charge >= 0.3 is 0 Å². The summed E-state index contributed by atoms with van der Waals surface area (Å²) >= 11 is 6.10. The summed E-state index contributed by atoms with van der Waals surface area (Å²) in [5, 5.41) is 3.55. The maximum atomic E-state index is 14.2. The van der Waals surface area contributed by atoms with Crippen molar-refractivity contribution >= 4 is 39.1 Å². The van der Waals surface area contributed by atoms with Crippen molar-refractivity contribution in [1.29, 1.82) is 0 Å². The number of methoxy groups -OCH3 is 1. The molecule has 3 rings (SSSR count). The van der Waals surface area contributed by atoms with Crippen LogP contribution in [0, 0.1) is 6.92 Å². The van der Waals surface area contributed by atoms with Crippen LogP contribution in [0.15, 0.2) is 72.8 Å². The number of hydrogen-bond acceptors (Lipinski definition) is 5. The van der Waals surface area contributed by atoms with Gasteiger partial charge in [0.05, 0.1) is 19.1 Å². The first-order valence-electron chi connectivity index (χ1n) is 13.4. The van der Waals surface area contributed by atoms with Crippen molar-refractivity contribution in [3.8, 4) is 5.75 Å². The normalized spacial score (nSPS) is 12.7. The van der Waals surface area contributed by atoms with E-state index in [1.165, 1.54) is 12.0 Å². The topological polar surface area (TPSA) is 96.0 Å². The molecule has 0 aliphatic carbocycles. The number of amides is 2. The standard InChI is InChI=1S/C31H38ClN3O5S/c1-6-23(3)33-31(37)28(19-24-10-8-7-9-11-24)34(20-25-13-15-26(32)16-14-25)30(36)21-35(41(5,38)39)27-18-22(2)12-17-29(27)40-4/h7-18,23,28H,6,19-21H2,1-5H3,(H,33,37)/t23-,28-/m0/s1. The lowest BCUT2D eigenvalue weighted by atomic mass is 10.0. The number of anilines is 1. The van der Waals surface area contributed by atoms with Gasteiger partial charge in [-0.15, -0.1) is 0 Å². The number of carbonyl (C=O) groups is 2. The van der Waals surface area contributed by atoms with E-state index in [4.69, 9.17) is 16.3 Å². The zero-order valence-electron chi connectivity index (χ0n) is 24.1. The molecule has 41 heavy (non-hydrogen) atoms. The Hall–Kier alpha value is -3.56. The maximum Gasteiger partial charge on any atom is 0.244 e. The Morgan fingerprint density at radius 2 is 1.66 bits per heavy atom. The molecule has 2 amide bonds. The smallest absolute Gasteiger partial charge is 0.244 e. The number of sulfonamides is 1. The molecule has 3 aromatic carbocycles. The monoisotopic (exact) mass is 599 g/mol. The van der Waals surface area contributed by atoms with Crippen molar-refractivity contribution in [3.05, 3.63) is 94.5 Å². The number of benzene rings is 3. The lowest BCUT2D eigenvalue weighted by Gasteiger charge is -2.34. The van der Waals surface area contributed by atoms with Crippen LogP contribution in [0.3, 0.4) is 0 Å². The van der Waals surface area contributed by atoms with Gasteiger partial charge in [-0.25, -0.2) is 8.42 Å².